The molecule has 5 nitrogen and oxygen atoms in total. The number of nitrogens with zero attached hydrogens (tertiary/aromatic N) is 1. The standard InChI is InChI=1S/C13H24N2O3/c1-10-9-15(6-7-18-10)11-4-5-13(8-11,14-2)12(16)17-3/h10-11,14H,4-9H2,1-3H3. The van der Waals surface area contributed by atoms with Gasteiger partial charge in [-0.25, -0.2) is 0 Å². The SMILES string of the molecule is CNC1(C(=O)OC)CCC(N2CCOC(C)C2)C1. The van der Waals surface area contributed by atoms with Gasteiger partial charge >= 0.3 is 5.97 Å². The molecule has 0 bridgehead atoms. The Balaban J connectivity index is 2.00. The summed E-state index contributed by atoms with van der Waals surface area (Å²) in [4.78, 5) is 14.4. The molecule has 1 aliphatic carbocycles. The van der Waals surface area contributed by atoms with Crippen LogP contribution in [0.1, 0.15) is 26.2 Å². The highest BCUT2D eigenvalue weighted by Crippen LogP contribution is 2.34. The second-order valence-electron chi connectivity index (χ2n) is 5.40. The topological polar surface area (TPSA) is 50.8 Å². The van der Waals surface area contributed by atoms with Crippen molar-refractivity contribution in [1.82, 2.24) is 10.2 Å². The van der Waals surface area contributed by atoms with Crippen LogP contribution in [-0.2, 0) is 14.3 Å². The molecule has 2 aliphatic rings. The first-order valence-corrected chi connectivity index (χ1v) is 6.74. The average Bonchev–Trinajstić information content (AvgIpc) is 2.83. The van der Waals surface area contributed by atoms with E-state index in [2.05, 4.69) is 17.1 Å². The summed E-state index contributed by atoms with van der Waals surface area (Å²) in [6, 6.07) is 0.461. The fraction of sp³-hybridized carbons (Fsp3) is 0.923. The van der Waals surface area contributed by atoms with Crippen molar-refractivity contribution >= 4 is 5.97 Å². The normalized spacial score (nSPS) is 37.7. The van der Waals surface area contributed by atoms with E-state index in [0.29, 0.717) is 12.1 Å². The van der Waals surface area contributed by atoms with Gasteiger partial charge in [0.25, 0.3) is 0 Å². The molecule has 104 valence electrons. The summed E-state index contributed by atoms with van der Waals surface area (Å²) < 4.78 is 10.5. The lowest BCUT2D eigenvalue weighted by atomic mass is 9.97. The van der Waals surface area contributed by atoms with Gasteiger partial charge in [0, 0.05) is 19.1 Å². The van der Waals surface area contributed by atoms with Crippen LogP contribution in [0.25, 0.3) is 0 Å². The number of rotatable bonds is 3. The fourth-order valence-electron chi connectivity index (χ4n) is 3.22. The largest absolute Gasteiger partial charge is 0.468 e. The Hall–Kier alpha value is -0.650. The highest BCUT2D eigenvalue weighted by Gasteiger charge is 2.47. The molecule has 2 fully saturated rings. The zero-order chi connectivity index (χ0) is 13.2. The zero-order valence-electron chi connectivity index (χ0n) is 11.6. The van der Waals surface area contributed by atoms with E-state index in [-0.39, 0.29) is 5.97 Å². The number of likely N-dealkylation sites (N-methyl/N-ethyl adjacent to an activating group) is 1. The van der Waals surface area contributed by atoms with Gasteiger partial charge in [-0.05, 0) is 33.2 Å². The van der Waals surface area contributed by atoms with Gasteiger partial charge in [-0.1, -0.05) is 0 Å². The molecular formula is C13H24N2O3. The summed E-state index contributed by atoms with van der Waals surface area (Å²) in [7, 11) is 3.31. The number of carbonyl (C=O) groups is 1. The van der Waals surface area contributed by atoms with Crippen LogP contribution in [0.15, 0.2) is 0 Å². The van der Waals surface area contributed by atoms with E-state index in [0.717, 1.165) is 39.0 Å². The Bertz CT molecular complexity index is 311. The Labute approximate surface area is 109 Å². The lowest BCUT2D eigenvalue weighted by Gasteiger charge is -2.36. The van der Waals surface area contributed by atoms with Crippen molar-refractivity contribution in [3.05, 3.63) is 0 Å². The third kappa shape index (κ3) is 2.53. The minimum Gasteiger partial charge on any atom is -0.468 e. The number of carbonyl (C=O) groups excluding carboxylic acids is 1. The lowest BCUT2D eigenvalue weighted by Crippen LogP contribution is -2.52. The smallest absolute Gasteiger partial charge is 0.326 e. The van der Waals surface area contributed by atoms with Crippen molar-refractivity contribution in [1.29, 1.82) is 0 Å². The number of hydrogen-bond acceptors (Lipinski definition) is 5. The maximum Gasteiger partial charge on any atom is 0.326 e. The van der Waals surface area contributed by atoms with Gasteiger partial charge in [-0.15, -0.1) is 0 Å². The van der Waals surface area contributed by atoms with Gasteiger partial charge in [-0.3, -0.25) is 9.69 Å². The molecule has 1 saturated heterocycles. The van der Waals surface area contributed by atoms with E-state index < -0.39 is 5.54 Å². The summed E-state index contributed by atoms with van der Waals surface area (Å²) in [6.45, 7) is 4.83. The predicted molar refractivity (Wildman–Crippen MR) is 68.4 cm³/mol. The minimum atomic E-state index is -0.485. The first-order valence-electron chi connectivity index (χ1n) is 6.74. The van der Waals surface area contributed by atoms with E-state index in [1.807, 2.05) is 7.05 Å². The molecule has 5 heteroatoms. The van der Waals surface area contributed by atoms with Crippen molar-refractivity contribution in [3.8, 4) is 0 Å². The molecule has 1 saturated carbocycles. The molecule has 3 atom stereocenters. The highest BCUT2D eigenvalue weighted by molar-refractivity contribution is 5.81. The second-order valence-corrected chi connectivity index (χ2v) is 5.40. The van der Waals surface area contributed by atoms with Crippen LogP contribution in [0.5, 0.6) is 0 Å². The molecule has 0 aromatic rings. The molecule has 2 rings (SSSR count). The maximum atomic E-state index is 11.9. The van der Waals surface area contributed by atoms with E-state index in [1.165, 1.54) is 7.11 Å². The van der Waals surface area contributed by atoms with Crippen LogP contribution in [0.2, 0.25) is 0 Å². The molecule has 0 amide bonds. The number of esters is 1. The van der Waals surface area contributed by atoms with Crippen LogP contribution < -0.4 is 5.32 Å². The van der Waals surface area contributed by atoms with Crippen LogP contribution in [-0.4, -0.2) is 62.4 Å². The highest BCUT2D eigenvalue weighted by atomic mass is 16.5. The molecule has 0 aromatic heterocycles. The number of nitrogens with one attached hydrogen (secondary N) is 1. The quantitative estimate of drug-likeness (QED) is 0.740. The second kappa shape index (κ2) is 5.55. The molecule has 1 heterocycles. The van der Waals surface area contributed by atoms with Gasteiger partial charge in [0.15, 0.2) is 0 Å². The van der Waals surface area contributed by atoms with E-state index in [1.54, 1.807) is 0 Å². The summed E-state index contributed by atoms with van der Waals surface area (Å²) in [5, 5.41) is 3.18. The third-order valence-corrected chi connectivity index (χ3v) is 4.33. The van der Waals surface area contributed by atoms with Crippen molar-refractivity contribution in [2.24, 2.45) is 0 Å². The molecule has 0 radical (unpaired) electrons. The van der Waals surface area contributed by atoms with Crippen LogP contribution in [0.3, 0.4) is 0 Å². The van der Waals surface area contributed by atoms with Gasteiger partial charge in [0.2, 0.25) is 0 Å². The molecule has 18 heavy (non-hydrogen) atoms. The first kappa shape index (κ1) is 13.8. The monoisotopic (exact) mass is 256 g/mol. The van der Waals surface area contributed by atoms with Crippen molar-refractivity contribution in [3.63, 3.8) is 0 Å². The Morgan fingerprint density at radius 1 is 1.56 bits per heavy atom. The molecule has 3 unspecified atom stereocenters. The Morgan fingerprint density at radius 2 is 2.33 bits per heavy atom. The summed E-state index contributed by atoms with van der Waals surface area (Å²) >= 11 is 0. The number of morpholine rings is 1. The average molecular weight is 256 g/mol. The molecule has 1 aliphatic heterocycles. The van der Waals surface area contributed by atoms with E-state index in [4.69, 9.17) is 9.47 Å². The molecular weight excluding hydrogens is 232 g/mol. The molecule has 0 aromatic carbocycles. The minimum absolute atomic E-state index is 0.131. The van der Waals surface area contributed by atoms with E-state index in [9.17, 15) is 4.79 Å². The summed E-state index contributed by atoms with van der Waals surface area (Å²) in [5.41, 5.74) is -0.485. The Kier molecular flexibility index (Phi) is 4.25. The summed E-state index contributed by atoms with van der Waals surface area (Å²) in [5.74, 6) is -0.131. The number of methoxy groups -OCH3 is 1. The van der Waals surface area contributed by atoms with Crippen LogP contribution >= 0.6 is 0 Å². The van der Waals surface area contributed by atoms with Crippen molar-refractivity contribution in [2.75, 3.05) is 33.9 Å². The Morgan fingerprint density at radius 3 is 2.94 bits per heavy atom. The molecule has 0 spiro atoms. The zero-order valence-corrected chi connectivity index (χ0v) is 11.6. The van der Waals surface area contributed by atoms with E-state index >= 15 is 0 Å². The maximum absolute atomic E-state index is 11.9. The van der Waals surface area contributed by atoms with Crippen molar-refractivity contribution in [2.45, 2.75) is 43.9 Å². The third-order valence-electron chi connectivity index (χ3n) is 4.33. The van der Waals surface area contributed by atoms with Gasteiger partial charge < -0.3 is 14.8 Å². The van der Waals surface area contributed by atoms with Crippen LogP contribution in [0.4, 0.5) is 0 Å². The van der Waals surface area contributed by atoms with Crippen molar-refractivity contribution < 1.29 is 14.3 Å². The van der Waals surface area contributed by atoms with Gasteiger partial charge in [0.1, 0.15) is 5.54 Å². The summed E-state index contributed by atoms with van der Waals surface area (Å²) in [6.07, 6.45) is 3.03. The number of hydrogen-bond donors (Lipinski definition) is 1. The first-order chi connectivity index (χ1) is 8.61. The van der Waals surface area contributed by atoms with Crippen LogP contribution in [0, 0.1) is 0 Å². The van der Waals surface area contributed by atoms with Gasteiger partial charge in [-0.2, -0.15) is 0 Å². The fourth-order valence-corrected chi connectivity index (χ4v) is 3.22. The predicted octanol–water partition coefficient (Wildman–Crippen LogP) is 0.391. The lowest BCUT2D eigenvalue weighted by molar-refractivity contribution is -0.148. The molecule has 1 N–H and O–H groups in total. The van der Waals surface area contributed by atoms with Gasteiger partial charge in [0.05, 0.1) is 19.8 Å². The number of ether oxygens (including phenoxy) is 2.